The van der Waals surface area contributed by atoms with Crippen LogP contribution in [0.3, 0.4) is 0 Å². The summed E-state index contributed by atoms with van der Waals surface area (Å²) in [6.45, 7) is 2.15. The summed E-state index contributed by atoms with van der Waals surface area (Å²) in [5.41, 5.74) is 0. The van der Waals surface area contributed by atoms with Crippen LogP contribution in [0.1, 0.15) is 19.3 Å². The van der Waals surface area contributed by atoms with Gasteiger partial charge in [0.15, 0.2) is 0 Å². The van der Waals surface area contributed by atoms with E-state index < -0.39 is 9.84 Å². The van der Waals surface area contributed by atoms with Crippen LogP contribution in [0.2, 0.25) is 0 Å². The minimum atomic E-state index is -2.72. The van der Waals surface area contributed by atoms with E-state index in [9.17, 15) is 8.42 Å². The van der Waals surface area contributed by atoms with Gasteiger partial charge in [-0.1, -0.05) is 0 Å². The van der Waals surface area contributed by atoms with E-state index in [0.29, 0.717) is 23.6 Å². The maximum Gasteiger partial charge on any atom is 0.150 e. The fourth-order valence-corrected chi connectivity index (χ4v) is 4.04. The van der Waals surface area contributed by atoms with Gasteiger partial charge in [-0.15, -0.1) is 0 Å². The molecule has 1 atom stereocenters. The fraction of sp³-hybridized carbons (Fsp3) is 1.00. The summed E-state index contributed by atoms with van der Waals surface area (Å²) >= 11 is 0. The second-order valence-electron chi connectivity index (χ2n) is 4.70. The third kappa shape index (κ3) is 2.71. The van der Waals surface area contributed by atoms with E-state index in [0.717, 1.165) is 25.9 Å². The quantitative estimate of drug-likeness (QED) is 0.720. The van der Waals surface area contributed by atoms with Gasteiger partial charge in [0.25, 0.3) is 0 Å². The molecule has 0 aliphatic carbocycles. The van der Waals surface area contributed by atoms with Gasteiger partial charge in [0.2, 0.25) is 0 Å². The lowest BCUT2D eigenvalue weighted by molar-refractivity contribution is 0.172. The highest BCUT2D eigenvalue weighted by Crippen LogP contribution is 2.20. The van der Waals surface area contributed by atoms with Crippen LogP contribution in [0.25, 0.3) is 0 Å². The summed E-state index contributed by atoms with van der Waals surface area (Å²) in [4.78, 5) is 2.38. The number of rotatable bonds is 2. The Morgan fingerprint density at radius 3 is 2.33 bits per heavy atom. The molecule has 2 heterocycles. The molecule has 0 saturated carbocycles. The Morgan fingerprint density at radius 2 is 1.80 bits per heavy atom. The van der Waals surface area contributed by atoms with E-state index in [2.05, 4.69) is 17.3 Å². The normalized spacial score (nSPS) is 32.3. The minimum absolute atomic E-state index is 0.377. The SMILES string of the molecule is CN(C1CCS(=O)(=O)CC1)C1CCNC1. The molecule has 0 bridgehead atoms. The summed E-state index contributed by atoms with van der Waals surface area (Å²) in [7, 11) is -0.576. The van der Waals surface area contributed by atoms with E-state index in [-0.39, 0.29) is 0 Å². The van der Waals surface area contributed by atoms with Crippen LogP contribution in [0.5, 0.6) is 0 Å². The highest BCUT2D eigenvalue weighted by Gasteiger charge is 2.30. The first-order valence-corrected chi connectivity index (χ1v) is 7.54. The van der Waals surface area contributed by atoms with Crippen molar-refractivity contribution >= 4 is 9.84 Å². The molecule has 0 aromatic rings. The molecule has 1 N–H and O–H groups in total. The zero-order valence-corrected chi connectivity index (χ0v) is 10.1. The molecule has 2 saturated heterocycles. The number of likely N-dealkylation sites (N-methyl/N-ethyl adjacent to an activating group) is 1. The first-order chi connectivity index (χ1) is 7.08. The van der Waals surface area contributed by atoms with E-state index in [1.54, 1.807) is 0 Å². The molecule has 1 unspecified atom stereocenters. The lowest BCUT2D eigenvalue weighted by atomic mass is 10.1. The van der Waals surface area contributed by atoms with Crippen LogP contribution in [-0.2, 0) is 9.84 Å². The van der Waals surface area contributed by atoms with E-state index in [1.165, 1.54) is 6.42 Å². The lowest BCUT2D eigenvalue weighted by Crippen LogP contribution is -2.45. The second kappa shape index (κ2) is 4.39. The maximum absolute atomic E-state index is 11.3. The Balaban J connectivity index is 1.89. The molecular weight excluding hydrogens is 212 g/mol. The smallest absolute Gasteiger partial charge is 0.150 e. The summed E-state index contributed by atoms with van der Waals surface area (Å²) in [6, 6.07) is 1.08. The lowest BCUT2D eigenvalue weighted by Gasteiger charge is -2.34. The van der Waals surface area contributed by atoms with Crippen molar-refractivity contribution < 1.29 is 8.42 Å². The molecule has 0 radical (unpaired) electrons. The Labute approximate surface area is 91.9 Å². The highest BCUT2D eigenvalue weighted by molar-refractivity contribution is 7.91. The van der Waals surface area contributed by atoms with Gasteiger partial charge in [-0.05, 0) is 32.9 Å². The van der Waals surface area contributed by atoms with Gasteiger partial charge in [-0.25, -0.2) is 8.42 Å². The summed E-state index contributed by atoms with van der Waals surface area (Å²) < 4.78 is 22.6. The van der Waals surface area contributed by atoms with Crippen molar-refractivity contribution in [3.05, 3.63) is 0 Å². The van der Waals surface area contributed by atoms with Crippen molar-refractivity contribution in [1.29, 1.82) is 0 Å². The largest absolute Gasteiger partial charge is 0.315 e. The molecule has 0 amide bonds. The van der Waals surface area contributed by atoms with Gasteiger partial charge in [0.05, 0.1) is 11.5 Å². The van der Waals surface area contributed by atoms with Gasteiger partial charge < -0.3 is 5.32 Å². The van der Waals surface area contributed by atoms with Gasteiger partial charge in [0, 0.05) is 18.6 Å². The Kier molecular flexibility index (Phi) is 3.33. The van der Waals surface area contributed by atoms with Gasteiger partial charge >= 0.3 is 0 Å². The Bertz CT molecular complexity index is 295. The molecule has 2 rings (SSSR count). The van der Waals surface area contributed by atoms with Crippen LogP contribution in [0, 0.1) is 0 Å². The second-order valence-corrected chi connectivity index (χ2v) is 7.00. The maximum atomic E-state index is 11.3. The van der Waals surface area contributed by atoms with Crippen molar-refractivity contribution in [3.8, 4) is 0 Å². The monoisotopic (exact) mass is 232 g/mol. The first kappa shape index (κ1) is 11.4. The minimum Gasteiger partial charge on any atom is -0.315 e. The highest BCUT2D eigenvalue weighted by atomic mass is 32.2. The molecule has 0 spiro atoms. The van der Waals surface area contributed by atoms with Crippen LogP contribution in [0.4, 0.5) is 0 Å². The topological polar surface area (TPSA) is 49.4 Å². The number of sulfone groups is 1. The fourth-order valence-electron chi connectivity index (χ4n) is 2.57. The van der Waals surface area contributed by atoms with Crippen molar-refractivity contribution in [3.63, 3.8) is 0 Å². The molecule has 5 heteroatoms. The first-order valence-electron chi connectivity index (χ1n) is 5.71. The zero-order valence-electron chi connectivity index (χ0n) is 9.28. The number of hydrogen-bond acceptors (Lipinski definition) is 4. The zero-order chi connectivity index (χ0) is 10.9. The van der Waals surface area contributed by atoms with E-state index in [4.69, 9.17) is 0 Å². The number of hydrogen-bond donors (Lipinski definition) is 1. The predicted molar refractivity (Wildman–Crippen MR) is 60.7 cm³/mol. The Morgan fingerprint density at radius 1 is 1.13 bits per heavy atom. The van der Waals surface area contributed by atoms with Crippen molar-refractivity contribution in [2.75, 3.05) is 31.6 Å². The molecule has 4 nitrogen and oxygen atoms in total. The van der Waals surface area contributed by atoms with Crippen LogP contribution < -0.4 is 5.32 Å². The van der Waals surface area contributed by atoms with Crippen molar-refractivity contribution in [2.45, 2.75) is 31.3 Å². The predicted octanol–water partition coefficient (Wildman–Crippen LogP) is -0.143. The molecule has 88 valence electrons. The summed E-state index contributed by atoms with van der Waals surface area (Å²) in [5.74, 6) is 0.754. The van der Waals surface area contributed by atoms with Gasteiger partial charge in [0.1, 0.15) is 9.84 Å². The third-order valence-electron chi connectivity index (χ3n) is 3.71. The van der Waals surface area contributed by atoms with Crippen molar-refractivity contribution in [2.24, 2.45) is 0 Å². The van der Waals surface area contributed by atoms with Crippen LogP contribution in [-0.4, -0.2) is 57.0 Å². The molecule has 15 heavy (non-hydrogen) atoms. The van der Waals surface area contributed by atoms with E-state index in [1.807, 2.05) is 0 Å². The van der Waals surface area contributed by atoms with Crippen molar-refractivity contribution in [1.82, 2.24) is 10.2 Å². The summed E-state index contributed by atoms with van der Waals surface area (Å²) in [6.07, 6.45) is 2.82. The molecule has 0 aromatic heterocycles. The van der Waals surface area contributed by atoms with Crippen LogP contribution >= 0.6 is 0 Å². The molecule has 2 fully saturated rings. The Hall–Kier alpha value is -0.130. The average molecular weight is 232 g/mol. The van der Waals surface area contributed by atoms with Crippen LogP contribution in [0.15, 0.2) is 0 Å². The molecule has 2 aliphatic heterocycles. The molecule has 0 aromatic carbocycles. The third-order valence-corrected chi connectivity index (χ3v) is 5.43. The van der Waals surface area contributed by atoms with Gasteiger partial charge in [-0.3, -0.25) is 4.90 Å². The molecular formula is C10H20N2O2S. The van der Waals surface area contributed by atoms with E-state index >= 15 is 0 Å². The summed E-state index contributed by atoms with van der Waals surface area (Å²) in [5, 5.41) is 3.35. The number of nitrogens with zero attached hydrogens (tertiary/aromatic N) is 1. The van der Waals surface area contributed by atoms with Gasteiger partial charge in [-0.2, -0.15) is 0 Å². The average Bonchev–Trinajstić information content (AvgIpc) is 2.69. The number of nitrogens with one attached hydrogen (secondary N) is 1. The molecule has 2 aliphatic rings. The standard InChI is InChI=1S/C10H20N2O2S/c1-12(10-2-5-11-8-10)9-3-6-15(13,14)7-4-9/h9-11H,2-8H2,1H3.